The van der Waals surface area contributed by atoms with Gasteiger partial charge in [0.25, 0.3) is 15.9 Å². The monoisotopic (exact) mass is 477 g/mol. The lowest BCUT2D eigenvalue weighted by Crippen LogP contribution is -2.43. The minimum Gasteiger partial charge on any atom is -0.493 e. The van der Waals surface area contributed by atoms with Crippen LogP contribution in [0.15, 0.2) is 35.2 Å². The second kappa shape index (κ2) is 8.50. The molecule has 0 radical (unpaired) electrons. The minimum atomic E-state index is -4.33. The molecule has 0 aromatic heterocycles. The van der Waals surface area contributed by atoms with Crippen LogP contribution in [-0.2, 0) is 14.8 Å². The number of imide groups is 1. The maximum atomic E-state index is 12.8. The molecule has 0 bridgehead atoms. The average molecular weight is 477 g/mol. The van der Waals surface area contributed by atoms with Crippen LogP contribution in [0.25, 0.3) is 0 Å². The van der Waals surface area contributed by atoms with Gasteiger partial charge in [-0.1, -0.05) is 0 Å². The molecule has 13 heteroatoms. The predicted molar refractivity (Wildman–Crippen MR) is 112 cm³/mol. The van der Waals surface area contributed by atoms with Gasteiger partial charge in [-0.25, -0.2) is 17.5 Å². The Morgan fingerprint density at radius 3 is 2.39 bits per heavy atom. The standard InChI is InChI=1S/C20H19N3O9S/c1-29-14-8-12-17(9-15(14)30-2)33(27,28)23(19(12)25)10-18(24)22-20(26)21-11-3-4-13-16(7-11)32-6-5-31-13/h3-4,7-9H,5-6,10H2,1-2H3,(H2,21,22,24,26). The van der Waals surface area contributed by atoms with E-state index >= 15 is 0 Å². The van der Waals surface area contributed by atoms with Crippen molar-refractivity contribution in [2.45, 2.75) is 4.90 Å². The van der Waals surface area contributed by atoms with Crippen molar-refractivity contribution in [3.8, 4) is 23.0 Å². The molecule has 0 saturated heterocycles. The van der Waals surface area contributed by atoms with E-state index in [1.165, 1.54) is 26.4 Å². The molecule has 33 heavy (non-hydrogen) atoms. The van der Waals surface area contributed by atoms with Gasteiger partial charge in [-0.05, 0) is 18.2 Å². The molecule has 2 aliphatic rings. The van der Waals surface area contributed by atoms with E-state index in [0.29, 0.717) is 34.7 Å². The van der Waals surface area contributed by atoms with Gasteiger partial charge in [0.15, 0.2) is 23.0 Å². The number of carbonyl (C=O) groups is 3. The van der Waals surface area contributed by atoms with Crippen LogP contribution < -0.4 is 29.6 Å². The highest BCUT2D eigenvalue weighted by molar-refractivity contribution is 7.90. The van der Waals surface area contributed by atoms with E-state index in [1.54, 1.807) is 12.1 Å². The SMILES string of the molecule is COc1cc2c(cc1OC)S(=O)(=O)N(CC(=O)NC(=O)Nc1ccc3c(c1)OCCO3)C2=O. The van der Waals surface area contributed by atoms with Crippen LogP contribution >= 0.6 is 0 Å². The Morgan fingerprint density at radius 2 is 1.70 bits per heavy atom. The van der Waals surface area contributed by atoms with Gasteiger partial charge in [-0.2, -0.15) is 0 Å². The predicted octanol–water partition coefficient (Wildman–Crippen LogP) is 0.968. The summed E-state index contributed by atoms with van der Waals surface area (Å²) in [5, 5.41) is 4.43. The van der Waals surface area contributed by atoms with Crippen molar-refractivity contribution in [3.05, 3.63) is 35.9 Å². The first-order valence-electron chi connectivity index (χ1n) is 9.58. The molecule has 174 valence electrons. The number of nitrogens with zero attached hydrogens (tertiary/aromatic N) is 1. The van der Waals surface area contributed by atoms with Gasteiger partial charge in [0, 0.05) is 17.8 Å². The fraction of sp³-hybridized carbons (Fsp3) is 0.250. The third-order valence-electron chi connectivity index (χ3n) is 4.85. The van der Waals surface area contributed by atoms with E-state index in [0.717, 1.165) is 6.07 Å². The molecule has 2 heterocycles. The average Bonchev–Trinajstić information content (AvgIpc) is 2.97. The fourth-order valence-electron chi connectivity index (χ4n) is 3.34. The minimum absolute atomic E-state index is 0.109. The van der Waals surface area contributed by atoms with E-state index in [-0.39, 0.29) is 22.0 Å². The molecule has 0 aliphatic carbocycles. The van der Waals surface area contributed by atoms with Gasteiger partial charge in [-0.3, -0.25) is 14.9 Å². The first-order chi connectivity index (χ1) is 15.7. The number of amides is 4. The lowest BCUT2D eigenvalue weighted by Gasteiger charge is -2.19. The number of rotatable bonds is 5. The molecule has 0 spiro atoms. The second-order valence-electron chi connectivity index (χ2n) is 6.88. The number of methoxy groups -OCH3 is 2. The van der Waals surface area contributed by atoms with Gasteiger partial charge < -0.3 is 24.3 Å². The smallest absolute Gasteiger partial charge is 0.325 e. The Kier molecular flexibility index (Phi) is 5.72. The lowest BCUT2D eigenvalue weighted by atomic mass is 10.2. The number of carbonyl (C=O) groups excluding carboxylic acids is 3. The molecule has 4 amide bonds. The van der Waals surface area contributed by atoms with Gasteiger partial charge >= 0.3 is 6.03 Å². The molecule has 4 rings (SSSR count). The Labute approximate surface area is 188 Å². The van der Waals surface area contributed by atoms with Crippen LogP contribution in [0.1, 0.15) is 10.4 Å². The largest absolute Gasteiger partial charge is 0.493 e. The number of urea groups is 1. The molecular weight excluding hydrogens is 458 g/mol. The second-order valence-corrected chi connectivity index (χ2v) is 8.71. The van der Waals surface area contributed by atoms with Crippen molar-refractivity contribution in [3.63, 3.8) is 0 Å². The Morgan fingerprint density at radius 1 is 1.03 bits per heavy atom. The number of hydrogen-bond donors (Lipinski definition) is 2. The number of nitrogens with one attached hydrogen (secondary N) is 2. The highest BCUT2D eigenvalue weighted by Gasteiger charge is 2.43. The van der Waals surface area contributed by atoms with Crippen molar-refractivity contribution >= 4 is 33.6 Å². The third kappa shape index (κ3) is 4.09. The number of fused-ring (bicyclic) bond motifs is 2. The van der Waals surface area contributed by atoms with Gasteiger partial charge in [0.2, 0.25) is 5.91 Å². The zero-order chi connectivity index (χ0) is 23.8. The van der Waals surface area contributed by atoms with Crippen LogP contribution in [-0.4, -0.2) is 64.5 Å². The number of benzene rings is 2. The van der Waals surface area contributed by atoms with Crippen LogP contribution in [0, 0.1) is 0 Å². The number of anilines is 1. The number of hydrogen-bond acceptors (Lipinski definition) is 9. The molecule has 2 aromatic carbocycles. The van der Waals surface area contributed by atoms with E-state index in [4.69, 9.17) is 18.9 Å². The summed E-state index contributed by atoms with van der Waals surface area (Å²) < 4.78 is 47.0. The summed E-state index contributed by atoms with van der Waals surface area (Å²) in [4.78, 5) is 36.9. The molecule has 2 N–H and O–H groups in total. The van der Waals surface area contributed by atoms with Crippen LogP contribution in [0.3, 0.4) is 0 Å². The van der Waals surface area contributed by atoms with Crippen LogP contribution in [0.4, 0.5) is 10.5 Å². The van der Waals surface area contributed by atoms with Crippen LogP contribution in [0.2, 0.25) is 0 Å². The first-order valence-corrected chi connectivity index (χ1v) is 11.0. The Bertz CT molecular complexity index is 1260. The molecule has 2 aromatic rings. The molecule has 0 unspecified atom stereocenters. The van der Waals surface area contributed by atoms with Crippen molar-refractivity contribution < 1.29 is 41.7 Å². The van der Waals surface area contributed by atoms with E-state index < -0.39 is 34.4 Å². The summed E-state index contributed by atoms with van der Waals surface area (Å²) in [5.74, 6) is -0.707. The molecule has 2 aliphatic heterocycles. The Balaban J connectivity index is 1.45. The summed E-state index contributed by atoms with van der Waals surface area (Å²) in [6, 6.07) is 6.12. The first kappa shape index (κ1) is 22.2. The summed E-state index contributed by atoms with van der Waals surface area (Å²) in [7, 11) is -1.67. The van der Waals surface area contributed by atoms with Crippen LogP contribution in [0.5, 0.6) is 23.0 Å². The van der Waals surface area contributed by atoms with Crippen molar-refractivity contribution in [2.24, 2.45) is 0 Å². The third-order valence-corrected chi connectivity index (χ3v) is 6.62. The molecule has 12 nitrogen and oxygen atoms in total. The quantitative estimate of drug-likeness (QED) is 0.642. The van der Waals surface area contributed by atoms with Gasteiger partial charge in [-0.15, -0.1) is 0 Å². The highest BCUT2D eigenvalue weighted by Crippen LogP contribution is 2.38. The Hall–Kier alpha value is -4.00. The van der Waals surface area contributed by atoms with E-state index in [9.17, 15) is 22.8 Å². The van der Waals surface area contributed by atoms with Gasteiger partial charge in [0.05, 0.1) is 19.8 Å². The highest BCUT2D eigenvalue weighted by atomic mass is 32.2. The zero-order valence-electron chi connectivity index (χ0n) is 17.5. The molecule has 0 atom stereocenters. The number of sulfonamides is 1. The maximum absolute atomic E-state index is 12.8. The normalized spacial score (nSPS) is 15.5. The van der Waals surface area contributed by atoms with Gasteiger partial charge in [0.1, 0.15) is 24.7 Å². The maximum Gasteiger partial charge on any atom is 0.325 e. The summed E-state index contributed by atoms with van der Waals surface area (Å²) >= 11 is 0. The summed E-state index contributed by atoms with van der Waals surface area (Å²) in [6.07, 6.45) is 0. The number of ether oxygens (including phenoxy) is 4. The fourth-order valence-corrected chi connectivity index (χ4v) is 4.86. The molecule has 0 fully saturated rings. The summed E-state index contributed by atoms with van der Waals surface area (Å²) in [5.41, 5.74) is 0.155. The van der Waals surface area contributed by atoms with Crippen molar-refractivity contribution in [1.29, 1.82) is 0 Å². The van der Waals surface area contributed by atoms with E-state index in [1.807, 2.05) is 5.32 Å². The topological polar surface area (TPSA) is 150 Å². The molecular formula is C20H19N3O9S. The lowest BCUT2D eigenvalue weighted by molar-refractivity contribution is -0.119. The summed E-state index contributed by atoms with van der Waals surface area (Å²) in [6.45, 7) is -0.120. The van der Waals surface area contributed by atoms with E-state index in [2.05, 4.69) is 5.32 Å². The van der Waals surface area contributed by atoms with Crippen molar-refractivity contribution in [2.75, 3.05) is 39.3 Å². The van der Waals surface area contributed by atoms with Crippen molar-refractivity contribution in [1.82, 2.24) is 9.62 Å². The zero-order valence-corrected chi connectivity index (χ0v) is 18.4. The molecule has 0 saturated carbocycles.